The molecule has 0 aliphatic carbocycles. The third-order valence-corrected chi connectivity index (χ3v) is 4.45. The molecule has 8 heteroatoms. The first kappa shape index (κ1) is 21.8. The number of amides is 2. The Hall–Kier alpha value is -3.94. The molecule has 2 amide bonds. The number of allylic oxidation sites excluding steroid dienone is 1. The fraction of sp³-hybridized carbons (Fsp3) is 0.217. The molecular weight excluding hydrogens is 396 g/mol. The topological polar surface area (TPSA) is 109 Å². The second kappa shape index (κ2) is 9.71. The molecule has 1 aliphatic rings. The van der Waals surface area contributed by atoms with Crippen molar-refractivity contribution in [3.8, 4) is 0 Å². The lowest BCUT2D eigenvalue weighted by molar-refractivity contribution is -0.137. The average Bonchev–Trinajstić information content (AvgIpc) is 2.84. The fourth-order valence-electron chi connectivity index (χ4n) is 3.11. The van der Waals surface area contributed by atoms with E-state index in [9.17, 15) is 14.4 Å². The Labute approximate surface area is 180 Å². The molecule has 0 atom stereocenters. The number of carbonyl (C=O) groups excluding carboxylic acids is 3. The molecule has 31 heavy (non-hydrogen) atoms. The average molecular weight is 420 g/mol. The van der Waals surface area contributed by atoms with E-state index < -0.39 is 5.97 Å². The molecular formula is C23H24N4O4. The van der Waals surface area contributed by atoms with E-state index in [1.807, 2.05) is 18.2 Å². The molecule has 3 rings (SSSR count). The van der Waals surface area contributed by atoms with Gasteiger partial charge in [-0.2, -0.15) is 0 Å². The molecule has 0 saturated heterocycles. The van der Waals surface area contributed by atoms with E-state index in [4.69, 9.17) is 4.74 Å². The molecule has 2 aromatic carbocycles. The summed E-state index contributed by atoms with van der Waals surface area (Å²) in [7, 11) is 0. The molecule has 0 fully saturated rings. The predicted molar refractivity (Wildman–Crippen MR) is 119 cm³/mol. The zero-order valence-corrected chi connectivity index (χ0v) is 17.6. The van der Waals surface area contributed by atoms with Gasteiger partial charge in [0.15, 0.2) is 0 Å². The van der Waals surface area contributed by atoms with Gasteiger partial charge in [0.05, 0.1) is 24.4 Å². The van der Waals surface area contributed by atoms with Gasteiger partial charge >= 0.3 is 5.97 Å². The Morgan fingerprint density at radius 1 is 1.03 bits per heavy atom. The number of amidine groups is 1. The summed E-state index contributed by atoms with van der Waals surface area (Å²) >= 11 is 0. The minimum atomic E-state index is -0.570. The number of carbonyl (C=O) groups is 3. The van der Waals surface area contributed by atoms with Crippen molar-refractivity contribution in [3.05, 3.63) is 65.4 Å². The van der Waals surface area contributed by atoms with Crippen LogP contribution in [0.25, 0.3) is 0 Å². The number of ether oxygens (including phenoxy) is 1. The molecule has 2 aromatic rings. The largest absolute Gasteiger partial charge is 0.462 e. The number of nitrogens with one attached hydrogen (secondary N) is 3. The monoisotopic (exact) mass is 420 g/mol. The Morgan fingerprint density at radius 2 is 1.74 bits per heavy atom. The third kappa shape index (κ3) is 5.57. The maximum Gasteiger partial charge on any atom is 0.343 e. The van der Waals surface area contributed by atoms with Crippen LogP contribution in [0.4, 0.5) is 17.1 Å². The molecule has 0 aromatic heterocycles. The van der Waals surface area contributed by atoms with E-state index >= 15 is 0 Å². The molecule has 160 valence electrons. The molecule has 0 bridgehead atoms. The summed E-state index contributed by atoms with van der Waals surface area (Å²) in [6.45, 7) is 5.08. The van der Waals surface area contributed by atoms with Crippen molar-refractivity contribution in [3.63, 3.8) is 0 Å². The molecule has 0 saturated carbocycles. The van der Waals surface area contributed by atoms with Crippen molar-refractivity contribution in [1.82, 2.24) is 5.32 Å². The number of anilines is 2. The quantitative estimate of drug-likeness (QED) is 0.643. The lowest BCUT2D eigenvalue weighted by Gasteiger charge is -2.13. The number of hydrogen-bond acceptors (Lipinski definition) is 6. The number of fused-ring (bicyclic) bond motifs is 1. The number of aliphatic imine (C=N–C) groups is 1. The standard InChI is InChI=1S/C23H24N4O4/c1-4-31-23(30)21-14(2)24-18-7-5-6-8-19(18)26-22(21)27-20(29)13-16-9-11-17(12-10-16)25-15(3)28/h5-12,24H,4,13H2,1-3H3,(H,25,28)(H,26,27,29). The normalized spacial score (nSPS) is 12.7. The maximum atomic E-state index is 12.7. The van der Waals surface area contributed by atoms with Crippen molar-refractivity contribution in [2.45, 2.75) is 27.2 Å². The van der Waals surface area contributed by atoms with Crippen molar-refractivity contribution in [2.75, 3.05) is 17.2 Å². The van der Waals surface area contributed by atoms with Crippen LogP contribution in [0.1, 0.15) is 26.3 Å². The Morgan fingerprint density at radius 3 is 2.42 bits per heavy atom. The minimum Gasteiger partial charge on any atom is -0.462 e. The van der Waals surface area contributed by atoms with Crippen LogP contribution in [0, 0.1) is 0 Å². The number of nitrogens with zero attached hydrogens (tertiary/aromatic N) is 1. The Balaban J connectivity index is 1.84. The molecule has 0 spiro atoms. The fourth-order valence-corrected chi connectivity index (χ4v) is 3.11. The van der Waals surface area contributed by atoms with Crippen LogP contribution in [0.3, 0.4) is 0 Å². The number of benzene rings is 2. The summed E-state index contributed by atoms with van der Waals surface area (Å²) in [6.07, 6.45) is 0.0730. The van der Waals surface area contributed by atoms with Crippen LogP contribution in [0.15, 0.2) is 64.8 Å². The van der Waals surface area contributed by atoms with Crippen LogP contribution in [-0.4, -0.2) is 30.2 Å². The van der Waals surface area contributed by atoms with Crippen LogP contribution < -0.4 is 16.0 Å². The summed E-state index contributed by atoms with van der Waals surface area (Å²) in [6, 6.07) is 14.3. The highest BCUT2D eigenvalue weighted by molar-refractivity contribution is 6.24. The number of esters is 1. The van der Waals surface area contributed by atoms with E-state index in [1.165, 1.54) is 6.92 Å². The first-order chi connectivity index (χ1) is 14.9. The highest BCUT2D eigenvalue weighted by atomic mass is 16.5. The van der Waals surface area contributed by atoms with Gasteiger partial charge in [-0.25, -0.2) is 9.79 Å². The van der Waals surface area contributed by atoms with E-state index in [0.717, 1.165) is 11.3 Å². The Kier molecular flexibility index (Phi) is 6.81. The lowest BCUT2D eigenvalue weighted by Crippen LogP contribution is -2.36. The van der Waals surface area contributed by atoms with Gasteiger partial charge in [0, 0.05) is 18.3 Å². The summed E-state index contributed by atoms with van der Waals surface area (Å²) in [5, 5.41) is 8.60. The van der Waals surface area contributed by atoms with Gasteiger partial charge in [0.25, 0.3) is 0 Å². The Bertz CT molecular complexity index is 1070. The molecule has 8 nitrogen and oxygen atoms in total. The number of rotatable bonds is 5. The van der Waals surface area contributed by atoms with Crippen molar-refractivity contribution in [1.29, 1.82) is 0 Å². The maximum absolute atomic E-state index is 12.7. The van der Waals surface area contributed by atoms with Crippen molar-refractivity contribution < 1.29 is 19.1 Å². The van der Waals surface area contributed by atoms with Crippen LogP contribution in [0.5, 0.6) is 0 Å². The zero-order valence-electron chi connectivity index (χ0n) is 17.6. The van der Waals surface area contributed by atoms with Crippen LogP contribution in [-0.2, 0) is 25.5 Å². The van der Waals surface area contributed by atoms with Gasteiger partial charge in [-0.1, -0.05) is 24.3 Å². The first-order valence-electron chi connectivity index (χ1n) is 9.87. The molecule has 3 N–H and O–H groups in total. The van der Waals surface area contributed by atoms with Gasteiger partial charge in [-0.05, 0) is 43.7 Å². The summed E-state index contributed by atoms with van der Waals surface area (Å²) < 4.78 is 5.18. The van der Waals surface area contributed by atoms with E-state index in [1.54, 1.807) is 44.2 Å². The second-order valence-corrected chi connectivity index (χ2v) is 6.93. The van der Waals surface area contributed by atoms with Crippen LogP contribution >= 0.6 is 0 Å². The van der Waals surface area contributed by atoms with Crippen LogP contribution in [0.2, 0.25) is 0 Å². The highest BCUT2D eigenvalue weighted by Gasteiger charge is 2.25. The zero-order chi connectivity index (χ0) is 22.4. The second-order valence-electron chi connectivity index (χ2n) is 6.93. The summed E-state index contributed by atoms with van der Waals surface area (Å²) in [4.78, 5) is 41.0. The lowest BCUT2D eigenvalue weighted by atomic mass is 10.1. The van der Waals surface area contributed by atoms with Gasteiger partial charge in [-0.3, -0.25) is 9.59 Å². The first-order valence-corrected chi connectivity index (χ1v) is 9.87. The van der Waals surface area contributed by atoms with E-state index in [-0.39, 0.29) is 36.3 Å². The predicted octanol–water partition coefficient (Wildman–Crippen LogP) is 3.30. The number of para-hydroxylation sites is 2. The molecule has 0 radical (unpaired) electrons. The van der Waals surface area contributed by atoms with Gasteiger partial charge in [-0.15, -0.1) is 0 Å². The summed E-state index contributed by atoms with van der Waals surface area (Å²) in [5.41, 5.74) is 3.42. The van der Waals surface area contributed by atoms with Crippen molar-refractivity contribution in [2.24, 2.45) is 4.99 Å². The molecule has 1 heterocycles. The van der Waals surface area contributed by atoms with Gasteiger partial charge < -0.3 is 20.7 Å². The van der Waals surface area contributed by atoms with E-state index in [0.29, 0.717) is 17.1 Å². The number of hydrogen-bond donors (Lipinski definition) is 3. The third-order valence-electron chi connectivity index (χ3n) is 4.45. The highest BCUT2D eigenvalue weighted by Crippen LogP contribution is 2.30. The minimum absolute atomic E-state index is 0.0730. The van der Waals surface area contributed by atoms with E-state index in [2.05, 4.69) is 20.9 Å². The molecule has 0 unspecified atom stereocenters. The SMILES string of the molecule is CCOC(=O)C1=C(C)Nc2ccccc2N=C1NC(=O)Cc1ccc(NC(C)=O)cc1. The van der Waals surface area contributed by atoms with Gasteiger partial charge in [0.1, 0.15) is 11.4 Å². The van der Waals surface area contributed by atoms with Crippen molar-refractivity contribution >= 4 is 40.7 Å². The molecule has 1 aliphatic heterocycles. The summed E-state index contributed by atoms with van der Waals surface area (Å²) in [5.74, 6) is -0.938. The van der Waals surface area contributed by atoms with Gasteiger partial charge in [0.2, 0.25) is 11.8 Å². The smallest absolute Gasteiger partial charge is 0.343 e.